The molecule has 20 heavy (non-hydrogen) atoms. The molecular weight excluding hydrogens is 270 g/mol. The monoisotopic (exact) mass is 291 g/mol. The van der Waals surface area contributed by atoms with Gasteiger partial charge in [-0.05, 0) is 44.5 Å². The Bertz CT molecular complexity index is 537. The number of aliphatic carboxylic acids is 1. The maximum Gasteiger partial charge on any atom is 0.328 e. The van der Waals surface area contributed by atoms with Crippen LogP contribution < -0.4 is 4.90 Å². The molecule has 1 aliphatic heterocycles. The second-order valence-corrected chi connectivity index (χ2v) is 7.57. The minimum Gasteiger partial charge on any atom is -0.478 e. The van der Waals surface area contributed by atoms with E-state index in [1.54, 1.807) is 6.08 Å². The van der Waals surface area contributed by atoms with E-state index >= 15 is 0 Å². The van der Waals surface area contributed by atoms with E-state index in [2.05, 4.69) is 30.9 Å². The Hall–Kier alpha value is -1.42. The molecule has 1 aromatic rings. The Morgan fingerprint density at radius 3 is 2.85 bits per heavy atom. The third-order valence-corrected chi connectivity index (χ3v) is 4.65. The first-order chi connectivity index (χ1) is 9.37. The summed E-state index contributed by atoms with van der Waals surface area (Å²) < 4.78 is 0.233. The van der Waals surface area contributed by atoms with Gasteiger partial charge < -0.3 is 10.0 Å². The van der Waals surface area contributed by atoms with Crippen LogP contribution in [0.5, 0.6) is 0 Å². The molecule has 1 N–H and O–H groups in total. The fourth-order valence-electron chi connectivity index (χ4n) is 2.48. The Balaban J connectivity index is 2.33. The van der Waals surface area contributed by atoms with Crippen LogP contribution in [0.4, 0.5) is 5.69 Å². The lowest BCUT2D eigenvalue weighted by Crippen LogP contribution is -2.43. The number of rotatable bonds is 3. The largest absolute Gasteiger partial charge is 0.478 e. The number of hydrogen-bond donors (Lipinski definition) is 1. The van der Waals surface area contributed by atoms with Gasteiger partial charge in [0, 0.05) is 35.4 Å². The number of carbonyl (C=O) groups is 1. The molecule has 4 heteroatoms. The lowest BCUT2D eigenvalue weighted by Gasteiger charge is -2.39. The maximum atomic E-state index is 10.7. The van der Waals surface area contributed by atoms with Gasteiger partial charge in [-0.25, -0.2) is 4.79 Å². The summed E-state index contributed by atoms with van der Waals surface area (Å²) in [5, 5.41) is 8.82. The predicted octanol–water partition coefficient (Wildman–Crippen LogP) is 3.42. The van der Waals surface area contributed by atoms with Gasteiger partial charge in [0.25, 0.3) is 0 Å². The van der Waals surface area contributed by atoms with Crippen LogP contribution in [0.15, 0.2) is 24.3 Å². The van der Waals surface area contributed by atoms with Crippen LogP contribution in [-0.2, 0) is 4.79 Å². The average molecular weight is 291 g/mol. The number of carboxylic acid groups (broad SMARTS) is 1. The van der Waals surface area contributed by atoms with Crippen LogP contribution in [0.1, 0.15) is 25.0 Å². The molecule has 0 saturated carbocycles. The molecule has 0 radical (unpaired) electrons. The molecule has 0 bridgehead atoms. The van der Waals surface area contributed by atoms with Crippen molar-refractivity contribution in [2.75, 3.05) is 23.7 Å². The van der Waals surface area contributed by atoms with Gasteiger partial charge in [0.2, 0.25) is 0 Å². The number of hydrogen-bond acceptors (Lipinski definition) is 3. The van der Waals surface area contributed by atoms with Gasteiger partial charge in [-0.2, -0.15) is 11.8 Å². The normalized spacial score (nSPS) is 18.4. The standard InChI is InChI=1S/C16H21NO2S/c1-12-4-6-14(13(10-12)5-7-15(18)19)17-8-9-20-16(2,3)11-17/h4-7,10H,8-9,11H2,1-3H3,(H,18,19)/b7-5+. The van der Waals surface area contributed by atoms with Crippen LogP contribution in [0, 0.1) is 6.92 Å². The smallest absolute Gasteiger partial charge is 0.328 e. The molecule has 3 nitrogen and oxygen atoms in total. The second kappa shape index (κ2) is 5.92. The van der Waals surface area contributed by atoms with Gasteiger partial charge in [-0.15, -0.1) is 0 Å². The van der Waals surface area contributed by atoms with Gasteiger partial charge in [-0.1, -0.05) is 11.6 Å². The Morgan fingerprint density at radius 1 is 1.45 bits per heavy atom. The summed E-state index contributed by atoms with van der Waals surface area (Å²) in [5.74, 6) is 0.190. The van der Waals surface area contributed by atoms with E-state index in [0.717, 1.165) is 35.7 Å². The number of benzene rings is 1. The van der Waals surface area contributed by atoms with Gasteiger partial charge in [0.1, 0.15) is 0 Å². The molecule has 1 fully saturated rings. The number of thioether (sulfide) groups is 1. The third kappa shape index (κ3) is 3.79. The van der Waals surface area contributed by atoms with E-state index in [1.165, 1.54) is 6.08 Å². The zero-order valence-corrected chi connectivity index (χ0v) is 13.0. The van der Waals surface area contributed by atoms with Crippen molar-refractivity contribution in [3.63, 3.8) is 0 Å². The summed E-state index contributed by atoms with van der Waals surface area (Å²) in [6, 6.07) is 6.23. The first-order valence-corrected chi connectivity index (χ1v) is 7.76. The summed E-state index contributed by atoms with van der Waals surface area (Å²) in [5.41, 5.74) is 3.25. The minimum atomic E-state index is -0.910. The van der Waals surface area contributed by atoms with Gasteiger partial charge in [0.15, 0.2) is 0 Å². The molecule has 2 rings (SSSR count). The highest BCUT2D eigenvalue weighted by Gasteiger charge is 2.27. The summed E-state index contributed by atoms with van der Waals surface area (Å²) in [6.45, 7) is 8.52. The Morgan fingerprint density at radius 2 is 2.20 bits per heavy atom. The molecule has 1 aromatic carbocycles. The van der Waals surface area contributed by atoms with E-state index < -0.39 is 5.97 Å². The highest BCUT2D eigenvalue weighted by molar-refractivity contribution is 8.00. The summed E-state index contributed by atoms with van der Waals surface area (Å²) in [6.07, 6.45) is 2.90. The SMILES string of the molecule is Cc1ccc(N2CCSC(C)(C)C2)c(/C=C/C(=O)O)c1. The highest BCUT2D eigenvalue weighted by atomic mass is 32.2. The van der Waals surface area contributed by atoms with Crippen molar-refractivity contribution >= 4 is 29.5 Å². The first kappa shape index (κ1) is 15.0. The summed E-state index contributed by atoms with van der Waals surface area (Å²) >= 11 is 1.99. The van der Waals surface area contributed by atoms with Crippen molar-refractivity contribution in [1.82, 2.24) is 0 Å². The highest BCUT2D eigenvalue weighted by Crippen LogP contribution is 2.34. The van der Waals surface area contributed by atoms with Crippen molar-refractivity contribution in [1.29, 1.82) is 0 Å². The minimum absolute atomic E-state index is 0.233. The van der Waals surface area contributed by atoms with Gasteiger partial charge >= 0.3 is 5.97 Å². The van der Waals surface area contributed by atoms with Crippen molar-refractivity contribution < 1.29 is 9.90 Å². The van der Waals surface area contributed by atoms with Crippen molar-refractivity contribution in [3.05, 3.63) is 35.4 Å². The predicted molar refractivity (Wildman–Crippen MR) is 86.6 cm³/mol. The molecule has 108 valence electrons. The van der Waals surface area contributed by atoms with Gasteiger partial charge in [-0.3, -0.25) is 0 Å². The zero-order chi connectivity index (χ0) is 14.8. The van der Waals surface area contributed by atoms with Crippen LogP contribution in [-0.4, -0.2) is 34.7 Å². The number of nitrogens with zero attached hydrogens (tertiary/aromatic N) is 1. The topological polar surface area (TPSA) is 40.5 Å². The van der Waals surface area contributed by atoms with Crippen LogP contribution in [0.2, 0.25) is 0 Å². The van der Waals surface area contributed by atoms with Crippen molar-refractivity contribution in [3.8, 4) is 0 Å². The van der Waals surface area contributed by atoms with Crippen molar-refractivity contribution in [2.45, 2.75) is 25.5 Å². The molecule has 0 unspecified atom stereocenters. The fourth-order valence-corrected chi connectivity index (χ4v) is 3.59. The zero-order valence-electron chi connectivity index (χ0n) is 12.2. The second-order valence-electron chi connectivity index (χ2n) is 5.76. The van der Waals surface area contributed by atoms with E-state index in [0.29, 0.717) is 0 Å². The molecule has 0 aliphatic carbocycles. The van der Waals surface area contributed by atoms with E-state index in [1.807, 2.05) is 24.8 Å². The lowest BCUT2D eigenvalue weighted by atomic mass is 10.1. The summed E-state index contributed by atoms with van der Waals surface area (Å²) in [7, 11) is 0. The Labute approximate surface area is 124 Å². The molecule has 1 heterocycles. The van der Waals surface area contributed by atoms with E-state index in [-0.39, 0.29) is 4.75 Å². The molecule has 0 aromatic heterocycles. The number of aryl methyl sites for hydroxylation is 1. The molecule has 0 amide bonds. The molecule has 1 aliphatic rings. The van der Waals surface area contributed by atoms with Crippen LogP contribution in [0.3, 0.4) is 0 Å². The van der Waals surface area contributed by atoms with Crippen LogP contribution in [0.25, 0.3) is 6.08 Å². The molecule has 1 saturated heterocycles. The first-order valence-electron chi connectivity index (χ1n) is 6.78. The van der Waals surface area contributed by atoms with Gasteiger partial charge in [0.05, 0.1) is 0 Å². The fraction of sp³-hybridized carbons (Fsp3) is 0.438. The molecule has 0 spiro atoms. The quantitative estimate of drug-likeness (QED) is 0.866. The number of anilines is 1. The average Bonchev–Trinajstić information content (AvgIpc) is 2.35. The lowest BCUT2D eigenvalue weighted by molar-refractivity contribution is -0.131. The van der Waals surface area contributed by atoms with E-state index in [9.17, 15) is 4.79 Å². The molecule has 0 atom stereocenters. The third-order valence-electron chi connectivity index (χ3n) is 3.35. The maximum absolute atomic E-state index is 10.7. The Kier molecular flexibility index (Phi) is 4.43. The van der Waals surface area contributed by atoms with E-state index in [4.69, 9.17) is 5.11 Å². The van der Waals surface area contributed by atoms with Crippen molar-refractivity contribution in [2.24, 2.45) is 0 Å². The number of carboxylic acids is 1. The van der Waals surface area contributed by atoms with Crippen LogP contribution >= 0.6 is 11.8 Å². The molecular formula is C16H21NO2S. The summed E-state index contributed by atoms with van der Waals surface area (Å²) in [4.78, 5) is 13.1.